The highest BCUT2D eigenvalue weighted by atomic mass is 35.5. The first kappa shape index (κ1) is 17.6. The molecule has 1 aromatic carbocycles. The van der Waals surface area contributed by atoms with Crippen LogP contribution in [0.25, 0.3) is 0 Å². The van der Waals surface area contributed by atoms with Gasteiger partial charge in [-0.05, 0) is 49.6 Å². The maximum absolute atomic E-state index is 12.0. The van der Waals surface area contributed by atoms with E-state index >= 15 is 0 Å². The van der Waals surface area contributed by atoms with Crippen molar-refractivity contribution in [3.63, 3.8) is 0 Å². The van der Waals surface area contributed by atoms with Crippen LogP contribution in [0.4, 0.5) is 0 Å². The first-order valence-electron chi connectivity index (χ1n) is 7.79. The van der Waals surface area contributed by atoms with E-state index in [0.717, 1.165) is 12.8 Å². The number of rotatable bonds is 7. The summed E-state index contributed by atoms with van der Waals surface area (Å²) in [5, 5.41) is 13.7. The SMILES string of the molecule is CC(CCc1cccn1C)NC(=O)CC(O)c1ccc(Cl)cc1. The van der Waals surface area contributed by atoms with Gasteiger partial charge in [-0.1, -0.05) is 23.7 Å². The Labute approximate surface area is 142 Å². The van der Waals surface area contributed by atoms with E-state index < -0.39 is 6.10 Å². The number of hydrogen-bond donors (Lipinski definition) is 2. The van der Waals surface area contributed by atoms with E-state index in [0.29, 0.717) is 10.6 Å². The third kappa shape index (κ3) is 5.41. The third-order valence-corrected chi connectivity index (χ3v) is 4.18. The quantitative estimate of drug-likeness (QED) is 0.816. The predicted molar refractivity (Wildman–Crippen MR) is 92.4 cm³/mol. The number of aliphatic hydroxyl groups is 1. The van der Waals surface area contributed by atoms with Crippen molar-refractivity contribution in [2.75, 3.05) is 0 Å². The molecule has 0 radical (unpaired) electrons. The smallest absolute Gasteiger partial charge is 0.223 e. The van der Waals surface area contributed by atoms with Crippen molar-refractivity contribution in [2.24, 2.45) is 7.05 Å². The zero-order valence-corrected chi connectivity index (χ0v) is 14.3. The molecule has 23 heavy (non-hydrogen) atoms. The molecule has 2 aromatic rings. The molecule has 124 valence electrons. The molecule has 5 heteroatoms. The lowest BCUT2D eigenvalue weighted by molar-refractivity contribution is -0.123. The summed E-state index contributed by atoms with van der Waals surface area (Å²) in [4.78, 5) is 12.0. The van der Waals surface area contributed by atoms with Crippen molar-refractivity contribution in [2.45, 2.75) is 38.3 Å². The van der Waals surface area contributed by atoms with Crippen molar-refractivity contribution < 1.29 is 9.90 Å². The molecule has 1 amide bonds. The van der Waals surface area contributed by atoms with Crippen LogP contribution in [0, 0.1) is 0 Å². The zero-order chi connectivity index (χ0) is 16.8. The molecule has 0 saturated carbocycles. The van der Waals surface area contributed by atoms with Crippen LogP contribution in [0.3, 0.4) is 0 Å². The van der Waals surface area contributed by atoms with Crippen LogP contribution < -0.4 is 5.32 Å². The summed E-state index contributed by atoms with van der Waals surface area (Å²) in [6.07, 6.45) is 3.02. The molecule has 0 aliphatic heterocycles. The molecular weight excluding hydrogens is 312 g/mol. The number of aryl methyl sites for hydroxylation is 2. The van der Waals surface area contributed by atoms with E-state index in [1.54, 1.807) is 24.3 Å². The van der Waals surface area contributed by atoms with Crippen molar-refractivity contribution in [3.8, 4) is 0 Å². The van der Waals surface area contributed by atoms with Gasteiger partial charge in [0, 0.05) is 30.0 Å². The largest absolute Gasteiger partial charge is 0.388 e. The Kier molecular flexibility index (Phi) is 6.25. The fourth-order valence-electron chi connectivity index (χ4n) is 2.50. The van der Waals surface area contributed by atoms with Crippen LogP contribution in [-0.4, -0.2) is 21.6 Å². The van der Waals surface area contributed by atoms with E-state index in [1.165, 1.54) is 5.69 Å². The number of amides is 1. The monoisotopic (exact) mass is 334 g/mol. The molecular formula is C18H23ClN2O2. The van der Waals surface area contributed by atoms with E-state index in [-0.39, 0.29) is 18.4 Å². The molecule has 0 bridgehead atoms. The summed E-state index contributed by atoms with van der Waals surface area (Å²) in [6.45, 7) is 1.98. The number of carbonyl (C=O) groups excluding carboxylic acids is 1. The summed E-state index contributed by atoms with van der Waals surface area (Å²) in [5.41, 5.74) is 1.94. The third-order valence-electron chi connectivity index (χ3n) is 3.93. The summed E-state index contributed by atoms with van der Waals surface area (Å²) in [7, 11) is 2.01. The van der Waals surface area contributed by atoms with Gasteiger partial charge in [0.05, 0.1) is 12.5 Å². The molecule has 2 N–H and O–H groups in total. The average molecular weight is 335 g/mol. The lowest BCUT2D eigenvalue weighted by atomic mass is 10.1. The number of nitrogens with zero attached hydrogens (tertiary/aromatic N) is 1. The second kappa shape index (κ2) is 8.18. The molecule has 2 rings (SSSR count). The highest BCUT2D eigenvalue weighted by molar-refractivity contribution is 6.30. The molecule has 0 aliphatic rings. The molecule has 2 unspecified atom stereocenters. The van der Waals surface area contributed by atoms with Crippen LogP contribution in [0.1, 0.15) is 37.1 Å². The van der Waals surface area contributed by atoms with E-state index in [9.17, 15) is 9.90 Å². The second-order valence-corrected chi connectivity index (χ2v) is 6.33. The van der Waals surface area contributed by atoms with Gasteiger partial charge in [-0.2, -0.15) is 0 Å². The van der Waals surface area contributed by atoms with Gasteiger partial charge in [-0.3, -0.25) is 4.79 Å². The average Bonchev–Trinajstić information content (AvgIpc) is 2.91. The Morgan fingerprint density at radius 2 is 2.00 bits per heavy atom. The molecule has 4 nitrogen and oxygen atoms in total. The van der Waals surface area contributed by atoms with E-state index in [1.807, 2.05) is 26.2 Å². The van der Waals surface area contributed by atoms with Crippen molar-refractivity contribution in [1.29, 1.82) is 0 Å². The number of carbonyl (C=O) groups is 1. The molecule has 0 fully saturated rings. The minimum absolute atomic E-state index is 0.0517. The minimum atomic E-state index is -0.813. The molecule has 0 aliphatic carbocycles. The predicted octanol–water partition coefficient (Wildman–Crippen LogP) is 3.24. The normalized spacial score (nSPS) is 13.6. The highest BCUT2D eigenvalue weighted by Gasteiger charge is 2.15. The number of nitrogens with one attached hydrogen (secondary N) is 1. The van der Waals surface area contributed by atoms with Crippen LogP contribution in [-0.2, 0) is 18.3 Å². The minimum Gasteiger partial charge on any atom is -0.388 e. The Balaban J connectivity index is 1.77. The van der Waals surface area contributed by atoms with E-state index in [4.69, 9.17) is 11.6 Å². The lowest BCUT2D eigenvalue weighted by Crippen LogP contribution is -2.33. The van der Waals surface area contributed by atoms with Gasteiger partial charge in [0.2, 0.25) is 5.91 Å². The molecule has 2 atom stereocenters. The van der Waals surface area contributed by atoms with Crippen molar-refractivity contribution >= 4 is 17.5 Å². The lowest BCUT2D eigenvalue weighted by Gasteiger charge is -2.16. The summed E-state index contributed by atoms with van der Waals surface area (Å²) in [5.74, 6) is -0.146. The summed E-state index contributed by atoms with van der Waals surface area (Å²) < 4.78 is 2.08. The molecule has 0 saturated heterocycles. The van der Waals surface area contributed by atoms with Crippen LogP contribution in [0.15, 0.2) is 42.6 Å². The zero-order valence-electron chi connectivity index (χ0n) is 13.5. The molecule has 1 aromatic heterocycles. The van der Waals surface area contributed by atoms with Gasteiger partial charge in [0.1, 0.15) is 0 Å². The first-order chi connectivity index (χ1) is 11.0. The van der Waals surface area contributed by atoms with E-state index in [2.05, 4.69) is 16.0 Å². The van der Waals surface area contributed by atoms with Crippen molar-refractivity contribution in [3.05, 3.63) is 58.9 Å². The van der Waals surface area contributed by atoms with Gasteiger partial charge < -0.3 is 15.0 Å². The van der Waals surface area contributed by atoms with Gasteiger partial charge in [0.25, 0.3) is 0 Å². The highest BCUT2D eigenvalue weighted by Crippen LogP contribution is 2.19. The van der Waals surface area contributed by atoms with Crippen molar-refractivity contribution in [1.82, 2.24) is 9.88 Å². The number of benzene rings is 1. The van der Waals surface area contributed by atoms with Crippen LogP contribution in [0.2, 0.25) is 5.02 Å². The maximum Gasteiger partial charge on any atom is 0.223 e. The molecule has 1 heterocycles. The van der Waals surface area contributed by atoms with Gasteiger partial charge in [-0.15, -0.1) is 0 Å². The fraction of sp³-hybridized carbons (Fsp3) is 0.389. The van der Waals surface area contributed by atoms with Gasteiger partial charge >= 0.3 is 0 Å². The van der Waals surface area contributed by atoms with Gasteiger partial charge in [-0.25, -0.2) is 0 Å². The standard InChI is InChI=1S/C18H23ClN2O2/c1-13(5-10-16-4-3-11-21(16)2)20-18(23)12-17(22)14-6-8-15(19)9-7-14/h3-4,6-9,11,13,17,22H,5,10,12H2,1-2H3,(H,20,23). The number of halogens is 1. The number of aromatic nitrogens is 1. The van der Waals surface area contributed by atoms with Crippen LogP contribution >= 0.6 is 11.6 Å². The number of hydrogen-bond acceptors (Lipinski definition) is 2. The Bertz CT molecular complexity index is 637. The Morgan fingerprint density at radius 3 is 2.61 bits per heavy atom. The second-order valence-electron chi connectivity index (χ2n) is 5.89. The van der Waals surface area contributed by atoms with Crippen LogP contribution in [0.5, 0.6) is 0 Å². The Hall–Kier alpha value is -1.78. The maximum atomic E-state index is 12.0. The molecule has 0 spiro atoms. The van der Waals surface area contributed by atoms with Gasteiger partial charge in [0.15, 0.2) is 0 Å². The summed E-state index contributed by atoms with van der Waals surface area (Å²) >= 11 is 5.82. The fourth-order valence-corrected chi connectivity index (χ4v) is 2.63. The number of aliphatic hydroxyl groups excluding tert-OH is 1. The summed E-state index contributed by atoms with van der Waals surface area (Å²) in [6, 6.07) is 11.0. The first-order valence-corrected chi connectivity index (χ1v) is 8.16. The Morgan fingerprint density at radius 1 is 1.30 bits per heavy atom. The topological polar surface area (TPSA) is 54.3 Å².